The van der Waals surface area contributed by atoms with Gasteiger partial charge in [-0.25, -0.2) is 4.98 Å². The number of nitrogens with zero attached hydrogens (tertiary/aromatic N) is 4. The Balaban J connectivity index is 1.97. The van der Waals surface area contributed by atoms with Gasteiger partial charge in [0.2, 0.25) is 5.82 Å². The highest BCUT2D eigenvalue weighted by molar-refractivity contribution is 6.31. The third-order valence-electron chi connectivity index (χ3n) is 4.25. The van der Waals surface area contributed by atoms with Crippen molar-refractivity contribution in [2.75, 3.05) is 18.0 Å². The predicted octanol–water partition coefficient (Wildman–Crippen LogP) is 4.38. The van der Waals surface area contributed by atoms with Crippen molar-refractivity contribution in [1.29, 1.82) is 0 Å². The Bertz CT molecular complexity index is 799. The highest BCUT2D eigenvalue weighted by Gasteiger charge is 2.30. The summed E-state index contributed by atoms with van der Waals surface area (Å²) in [6.45, 7) is 5.44. The molecule has 0 N–H and O–H groups in total. The maximum Gasteiger partial charge on any atom is 0.373 e. The summed E-state index contributed by atoms with van der Waals surface area (Å²) in [5.41, 5.74) is 0.616. The van der Waals surface area contributed by atoms with Crippen molar-refractivity contribution in [2.24, 2.45) is 5.92 Å². The first kappa shape index (κ1) is 17.4. The molecule has 1 aliphatic rings. The summed E-state index contributed by atoms with van der Waals surface area (Å²) >= 11 is 6.01. The third-order valence-corrected chi connectivity index (χ3v) is 4.68. The van der Waals surface area contributed by atoms with E-state index in [2.05, 4.69) is 16.9 Å². The molecule has 1 aromatic carbocycles. The van der Waals surface area contributed by atoms with E-state index in [0.717, 1.165) is 31.5 Å². The van der Waals surface area contributed by atoms with Gasteiger partial charge in [-0.05, 0) is 49.4 Å². The van der Waals surface area contributed by atoms with Gasteiger partial charge in [0.1, 0.15) is 12.1 Å². The van der Waals surface area contributed by atoms with E-state index in [4.69, 9.17) is 16.3 Å². The van der Waals surface area contributed by atoms with Gasteiger partial charge in [0.05, 0.1) is 4.92 Å². The van der Waals surface area contributed by atoms with Crippen molar-refractivity contribution < 1.29 is 9.66 Å². The number of nitro groups is 1. The second kappa shape index (κ2) is 7.23. The van der Waals surface area contributed by atoms with Crippen molar-refractivity contribution in [3.05, 3.63) is 45.2 Å². The summed E-state index contributed by atoms with van der Waals surface area (Å²) in [5, 5.41) is 12.3. The number of piperidine rings is 1. The van der Waals surface area contributed by atoms with E-state index in [0.29, 0.717) is 22.5 Å². The standard InChI is InChI=1S/C17H19ClN4O3/c1-11-4-3-7-21(9-11)16-15(22(23)24)17(20-10-19-16)25-13-5-6-14(18)12(2)8-13/h5-6,8,10-11H,3-4,7,9H2,1-2H3. The largest absolute Gasteiger partial charge is 0.434 e. The topological polar surface area (TPSA) is 81.4 Å². The number of anilines is 1. The number of hydrogen-bond acceptors (Lipinski definition) is 6. The number of hydrogen-bond donors (Lipinski definition) is 0. The molecule has 1 atom stereocenters. The zero-order valence-electron chi connectivity index (χ0n) is 14.1. The van der Waals surface area contributed by atoms with E-state index in [9.17, 15) is 10.1 Å². The average Bonchev–Trinajstić information content (AvgIpc) is 2.58. The fraction of sp³-hybridized carbons (Fsp3) is 0.412. The summed E-state index contributed by atoms with van der Waals surface area (Å²) in [5.74, 6) is 1.16. The zero-order valence-corrected chi connectivity index (χ0v) is 14.9. The second-order valence-electron chi connectivity index (χ2n) is 6.31. The van der Waals surface area contributed by atoms with E-state index in [1.54, 1.807) is 18.2 Å². The van der Waals surface area contributed by atoms with Crippen LogP contribution in [0.5, 0.6) is 11.6 Å². The summed E-state index contributed by atoms with van der Waals surface area (Å²) in [7, 11) is 0. The lowest BCUT2D eigenvalue weighted by atomic mass is 10.0. The summed E-state index contributed by atoms with van der Waals surface area (Å²) in [6, 6.07) is 5.06. The van der Waals surface area contributed by atoms with Gasteiger partial charge in [0, 0.05) is 18.1 Å². The molecule has 0 aliphatic carbocycles. The number of halogens is 1. The maximum atomic E-state index is 11.7. The van der Waals surface area contributed by atoms with E-state index in [-0.39, 0.29) is 11.6 Å². The quantitative estimate of drug-likeness (QED) is 0.593. The van der Waals surface area contributed by atoms with Crippen LogP contribution in [-0.2, 0) is 0 Å². The van der Waals surface area contributed by atoms with Crippen LogP contribution in [0.15, 0.2) is 24.5 Å². The molecule has 7 nitrogen and oxygen atoms in total. The summed E-state index contributed by atoms with van der Waals surface area (Å²) < 4.78 is 5.69. The second-order valence-corrected chi connectivity index (χ2v) is 6.72. The number of ether oxygens (including phenoxy) is 1. The number of aromatic nitrogens is 2. The SMILES string of the molecule is Cc1cc(Oc2ncnc(N3CCCC(C)C3)c2[N+](=O)[O-])ccc1Cl. The zero-order chi connectivity index (χ0) is 18.0. The molecule has 1 fully saturated rings. The van der Waals surface area contributed by atoms with Crippen molar-refractivity contribution in [2.45, 2.75) is 26.7 Å². The first-order valence-electron chi connectivity index (χ1n) is 8.14. The smallest absolute Gasteiger partial charge is 0.373 e. The Hall–Kier alpha value is -2.41. The normalized spacial score (nSPS) is 17.4. The van der Waals surface area contributed by atoms with E-state index in [1.807, 2.05) is 11.8 Å². The first-order valence-corrected chi connectivity index (χ1v) is 8.52. The highest BCUT2D eigenvalue weighted by atomic mass is 35.5. The Kier molecular flexibility index (Phi) is 5.03. The number of aryl methyl sites for hydroxylation is 1. The van der Waals surface area contributed by atoms with Gasteiger partial charge >= 0.3 is 11.6 Å². The monoisotopic (exact) mass is 362 g/mol. The van der Waals surface area contributed by atoms with Gasteiger partial charge in [-0.3, -0.25) is 10.1 Å². The minimum Gasteiger partial charge on any atom is -0.434 e. The van der Waals surface area contributed by atoms with Crippen LogP contribution < -0.4 is 9.64 Å². The Labute approximate surface area is 150 Å². The molecule has 3 rings (SSSR count). The molecule has 0 saturated carbocycles. The molecule has 25 heavy (non-hydrogen) atoms. The molecule has 2 aromatic rings. The van der Waals surface area contributed by atoms with Crippen LogP contribution in [0.2, 0.25) is 5.02 Å². The first-order chi connectivity index (χ1) is 12.0. The Morgan fingerprint density at radius 1 is 1.40 bits per heavy atom. The van der Waals surface area contributed by atoms with Gasteiger partial charge in [-0.15, -0.1) is 0 Å². The molecular formula is C17H19ClN4O3. The van der Waals surface area contributed by atoms with E-state index >= 15 is 0 Å². The van der Waals surface area contributed by atoms with Gasteiger partial charge < -0.3 is 9.64 Å². The lowest BCUT2D eigenvalue weighted by Gasteiger charge is -2.31. The summed E-state index contributed by atoms with van der Waals surface area (Å²) in [6.07, 6.45) is 3.40. The van der Waals surface area contributed by atoms with Gasteiger partial charge in [0.15, 0.2) is 0 Å². The van der Waals surface area contributed by atoms with Crippen LogP contribution in [0.25, 0.3) is 0 Å². The van der Waals surface area contributed by atoms with Crippen molar-refractivity contribution in [1.82, 2.24) is 9.97 Å². The fourth-order valence-corrected chi connectivity index (χ4v) is 3.11. The van der Waals surface area contributed by atoms with Crippen LogP contribution in [0.3, 0.4) is 0 Å². The van der Waals surface area contributed by atoms with Gasteiger partial charge in [-0.2, -0.15) is 4.98 Å². The van der Waals surface area contributed by atoms with Crippen LogP contribution in [-0.4, -0.2) is 28.0 Å². The minimum atomic E-state index is -0.479. The third kappa shape index (κ3) is 3.82. The molecular weight excluding hydrogens is 344 g/mol. The number of rotatable bonds is 4. The molecule has 2 heterocycles. The molecule has 8 heteroatoms. The molecule has 1 unspecified atom stereocenters. The molecule has 0 radical (unpaired) electrons. The van der Waals surface area contributed by atoms with Crippen molar-refractivity contribution >= 4 is 23.1 Å². The molecule has 1 aromatic heterocycles. The predicted molar refractivity (Wildman–Crippen MR) is 95.6 cm³/mol. The van der Waals surface area contributed by atoms with Gasteiger partial charge in [0.25, 0.3) is 0 Å². The lowest BCUT2D eigenvalue weighted by molar-refractivity contribution is -0.385. The maximum absolute atomic E-state index is 11.7. The van der Waals surface area contributed by atoms with Crippen LogP contribution in [0, 0.1) is 23.0 Å². The lowest BCUT2D eigenvalue weighted by Crippen LogP contribution is -2.35. The van der Waals surface area contributed by atoms with E-state index in [1.165, 1.54) is 6.33 Å². The van der Waals surface area contributed by atoms with Crippen molar-refractivity contribution in [3.8, 4) is 11.6 Å². The van der Waals surface area contributed by atoms with Crippen molar-refractivity contribution in [3.63, 3.8) is 0 Å². The van der Waals surface area contributed by atoms with Crippen LogP contribution in [0.4, 0.5) is 11.5 Å². The average molecular weight is 363 g/mol. The molecule has 1 saturated heterocycles. The molecule has 1 aliphatic heterocycles. The number of benzene rings is 1. The Morgan fingerprint density at radius 2 is 2.20 bits per heavy atom. The van der Waals surface area contributed by atoms with E-state index < -0.39 is 4.92 Å². The molecule has 0 spiro atoms. The fourth-order valence-electron chi connectivity index (χ4n) is 2.99. The summed E-state index contributed by atoms with van der Waals surface area (Å²) in [4.78, 5) is 21.3. The Morgan fingerprint density at radius 3 is 2.88 bits per heavy atom. The molecule has 132 valence electrons. The molecule has 0 amide bonds. The highest BCUT2D eigenvalue weighted by Crippen LogP contribution is 2.37. The van der Waals surface area contributed by atoms with Crippen LogP contribution >= 0.6 is 11.6 Å². The van der Waals surface area contributed by atoms with Gasteiger partial charge in [-0.1, -0.05) is 18.5 Å². The van der Waals surface area contributed by atoms with Crippen LogP contribution in [0.1, 0.15) is 25.3 Å². The molecule has 0 bridgehead atoms. The minimum absolute atomic E-state index is 0.0602.